The van der Waals surface area contributed by atoms with Gasteiger partial charge in [-0.3, -0.25) is 0 Å². The third kappa shape index (κ3) is 5.00. The van der Waals surface area contributed by atoms with Gasteiger partial charge >= 0.3 is 0 Å². The molecule has 0 aromatic heterocycles. The molecule has 0 aliphatic rings. The lowest BCUT2D eigenvalue weighted by molar-refractivity contribution is 0.233. The van der Waals surface area contributed by atoms with Crippen molar-refractivity contribution in [1.29, 1.82) is 0 Å². The molecular weight excluding hydrogens is 290 g/mol. The van der Waals surface area contributed by atoms with Crippen LogP contribution in [0.5, 0.6) is 5.75 Å². The summed E-state index contributed by atoms with van der Waals surface area (Å²) in [6.45, 7) is 8.03. The fraction of sp³-hybridized carbons (Fsp3) is 0.333. The summed E-state index contributed by atoms with van der Waals surface area (Å²) < 4.78 is 31.5. The topological polar surface area (TPSA) is 66.8 Å². The minimum atomic E-state index is -3.57. The van der Waals surface area contributed by atoms with E-state index in [2.05, 4.69) is 13.2 Å². The Morgan fingerprint density at radius 1 is 1.14 bits per heavy atom. The largest absolute Gasteiger partial charge is 0.494 e. The van der Waals surface area contributed by atoms with Crippen LogP contribution in [0.25, 0.3) is 0 Å². The van der Waals surface area contributed by atoms with Crippen molar-refractivity contribution in [3.05, 3.63) is 49.6 Å². The lowest BCUT2D eigenvalue weighted by Gasteiger charge is -2.19. The third-order valence-electron chi connectivity index (χ3n) is 2.70. The Bertz CT molecular complexity index is 542. The van der Waals surface area contributed by atoms with Crippen molar-refractivity contribution in [1.82, 2.24) is 4.31 Å². The molecule has 0 spiro atoms. The molecule has 0 bridgehead atoms. The molecule has 0 atom stereocenters. The molecule has 0 unspecified atom stereocenters. The number of aliphatic hydroxyl groups excluding tert-OH is 1. The average Bonchev–Trinajstić information content (AvgIpc) is 2.48. The quantitative estimate of drug-likeness (QED) is 0.528. The van der Waals surface area contributed by atoms with Crippen molar-refractivity contribution in [3.8, 4) is 5.75 Å². The predicted octanol–water partition coefficient (Wildman–Crippen LogP) is 1.81. The van der Waals surface area contributed by atoms with E-state index < -0.39 is 10.0 Å². The molecule has 0 aliphatic carbocycles. The van der Waals surface area contributed by atoms with Crippen molar-refractivity contribution in [2.45, 2.75) is 11.3 Å². The van der Waals surface area contributed by atoms with Crippen molar-refractivity contribution in [2.24, 2.45) is 0 Å². The standard InChI is InChI=1S/C15H21NO4S/c1-3-10-16(11-4-2)21(18,19)15-8-6-14(7-9-15)20-13-5-12-17/h3-4,6-9,17H,1-2,5,10-13H2. The van der Waals surface area contributed by atoms with Crippen LogP contribution in [0.15, 0.2) is 54.5 Å². The second-order valence-corrected chi connectivity index (χ2v) is 6.23. The smallest absolute Gasteiger partial charge is 0.243 e. The minimum absolute atomic E-state index is 0.0600. The van der Waals surface area contributed by atoms with Gasteiger partial charge in [0.2, 0.25) is 10.0 Å². The molecule has 0 saturated heterocycles. The summed E-state index contributed by atoms with van der Waals surface area (Å²) in [6, 6.07) is 6.21. The van der Waals surface area contributed by atoms with Crippen LogP contribution in [0.3, 0.4) is 0 Å². The van der Waals surface area contributed by atoms with Crippen LogP contribution in [0.2, 0.25) is 0 Å². The number of nitrogens with zero attached hydrogens (tertiary/aromatic N) is 1. The van der Waals surface area contributed by atoms with Crippen LogP contribution in [-0.2, 0) is 10.0 Å². The number of hydrogen-bond acceptors (Lipinski definition) is 4. The summed E-state index contributed by atoms with van der Waals surface area (Å²) in [4.78, 5) is 0.195. The Hall–Kier alpha value is -1.63. The molecule has 0 radical (unpaired) electrons. The molecule has 0 saturated carbocycles. The molecule has 5 nitrogen and oxygen atoms in total. The first-order valence-electron chi connectivity index (χ1n) is 6.62. The maximum atomic E-state index is 12.4. The number of sulfonamides is 1. The highest BCUT2D eigenvalue weighted by atomic mass is 32.2. The summed E-state index contributed by atoms with van der Waals surface area (Å²) in [5.74, 6) is 0.571. The van der Waals surface area contributed by atoms with Gasteiger partial charge in [0.15, 0.2) is 0 Å². The van der Waals surface area contributed by atoms with E-state index in [0.717, 1.165) is 0 Å². The van der Waals surface area contributed by atoms with Gasteiger partial charge in [-0.1, -0.05) is 12.2 Å². The van der Waals surface area contributed by atoms with E-state index in [9.17, 15) is 8.42 Å². The van der Waals surface area contributed by atoms with Gasteiger partial charge in [0.25, 0.3) is 0 Å². The molecule has 6 heteroatoms. The van der Waals surface area contributed by atoms with Crippen LogP contribution in [0, 0.1) is 0 Å². The van der Waals surface area contributed by atoms with Crippen molar-refractivity contribution < 1.29 is 18.3 Å². The van der Waals surface area contributed by atoms with Crippen molar-refractivity contribution in [2.75, 3.05) is 26.3 Å². The van der Waals surface area contributed by atoms with Gasteiger partial charge in [0, 0.05) is 26.1 Å². The molecule has 1 rings (SSSR count). The van der Waals surface area contributed by atoms with Crippen LogP contribution in [0.1, 0.15) is 6.42 Å². The molecule has 0 amide bonds. The SMILES string of the molecule is C=CCN(CC=C)S(=O)(=O)c1ccc(OCCCO)cc1. The van der Waals surface area contributed by atoms with E-state index in [1.165, 1.54) is 28.6 Å². The molecule has 116 valence electrons. The molecule has 1 N–H and O–H groups in total. The maximum Gasteiger partial charge on any atom is 0.243 e. The van der Waals surface area contributed by atoms with Gasteiger partial charge in [-0.25, -0.2) is 8.42 Å². The molecule has 0 heterocycles. The van der Waals surface area contributed by atoms with E-state index in [0.29, 0.717) is 18.8 Å². The molecule has 1 aromatic carbocycles. The molecule has 0 fully saturated rings. The molecule has 1 aromatic rings. The first-order valence-corrected chi connectivity index (χ1v) is 8.06. The first kappa shape index (κ1) is 17.4. The Morgan fingerprint density at radius 3 is 2.19 bits per heavy atom. The Balaban J connectivity index is 2.87. The zero-order chi connectivity index (χ0) is 15.7. The van der Waals surface area contributed by atoms with Gasteiger partial charge in [-0.05, 0) is 24.3 Å². The summed E-state index contributed by atoms with van der Waals surface area (Å²) in [6.07, 6.45) is 3.60. The summed E-state index contributed by atoms with van der Waals surface area (Å²) in [5.41, 5.74) is 0. The Morgan fingerprint density at radius 2 is 1.71 bits per heavy atom. The van der Waals surface area contributed by atoms with E-state index in [-0.39, 0.29) is 24.6 Å². The number of rotatable bonds is 10. The lowest BCUT2D eigenvalue weighted by Crippen LogP contribution is -2.31. The molecular formula is C15H21NO4S. The summed E-state index contributed by atoms with van der Waals surface area (Å²) >= 11 is 0. The van der Waals surface area contributed by atoms with Crippen LogP contribution in [-0.4, -0.2) is 44.1 Å². The second-order valence-electron chi connectivity index (χ2n) is 4.30. The van der Waals surface area contributed by atoms with E-state index in [4.69, 9.17) is 9.84 Å². The highest BCUT2D eigenvalue weighted by Crippen LogP contribution is 2.19. The summed E-state index contributed by atoms with van der Waals surface area (Å²) in [7, 11) is -3.57. The van der Waals surface area contributed by atoms with Crippen molar-refractivity contribution >= 4 is 10.0 Å². The number of ether oxygens (including phenoxy) is 1. The van der Waals surface area contributed by atoms with E-state index in [1.54, 1.807) is 12.1 Å². The average molecular weight is 311 g/mol. The fourth-order valence-electron chi connectivity index (χ4n) is 1.67. The van der Waals surface area contributed by atoms with Gasteiger partial charge < -0.3 is 9.84 Å². The molecule has 0 aliphatic heterocycles. The number of aliphatic hydroxyl groups is 1. The predicted molar refractivity (Wildman–Crippen MR) is 82.8 cm³/mol. The zero-order valence-electron chi connectivity index (χ0n) is 11.9. The normalized spacial score (nSPS) is 11.3. The second kappa shape index (κ2) is 8.61. The first-order chi connectivity index (χ1) is 10.1. The van der Waals surface area contributed by atoms with E-state index >= 15 is 0 Å². The summed E-state index contributed by atoms with van der Waals surface area (Å²) in [5, 5.41) is 8.68. The zero-order valence-corrected chi connectivity index (χ0v) is 12.8. The highest BCUT2D eigenvalue weighted by Gasteiger charge is 2.22. The minimum Gasteiger partial charge on any atom is -0.494 e. The van der Waals surface area contributed by atoms with Gasteiger partial charge in [-0.15, -0.1) is 13.2 Å². The number of benzene rings is 1. The Labute approximate surface area is 126 Å². The van der Waals surface area contributed by atoms with Crippen LogP contribution in [0.4, 0.5) is 0 Å². The maximum absolute atomic E-state index is 12.4. The fourth-order valence-corrected chi connectivity index (χ4v) is 3.05. The third-order valence-corrected chi connectivity index (χ3v) is 4.54. The highest BCUT2D eigenvalue weighted by molar-refractivity contribution is 7.89. The van der Waals surface area contributed by atoms with Gasteiger partial charge in [0.05, 0.1) is 11.5 Å². The van der Waals surface area contributed by atoms with Gasteiger partial charge in [-0.2, -0.15) is 4.31 Å². The Kier molecular flexibility index (Phi) is 7.14. The van der Waals surface area contributed by atoms with Crippen LogP contribution < -0.4 is 4.74 Å². The van der Waals surface area contributed by atoms with Crippen LogP contribution >= 0.6 is 0 Å². The number of hydrogen-bond donors (Lipinski definition) is 1. The van der Waals surface area contributed by atoms with Gasteiger partial charge in [0.1, 0.15) is 5.75 Å². The lowest BCUT2D eigenvalue weighted by atomic mass is 10.3. The monoisotopic (exact) mass is 311 g/mol. The van der Waals surface area contributed by atoms with E-state index in [1.807, 2.05) is 0 Å². The van der Waals surface area contributed by atoms with Crippen molar-refractivity contribution in [3.63, 3.8) is 0 Å². The molecule has 21 heavy (non-hydrogen) atoms.